The van der Waals surface area contributed by atoms with Gasteiger partial charge >= 0.3 is 0 Å². The predicted molar refractivity (Wildman–Crippen MR) is 93.2 cm³/mol. The molecule has 23 heavy (non-hydrogen) atoms. The number of piperidine rings is 1. The molecule has 3 atom stereocenters. The highest BCUT2D eigenvalue weighted by molar-refractivity contribution is 5.21. The van der Waals surface area contributed by atoms with Crippen molar-refractivity contribution in [2.45, 2.75) is 50.4 Å². The van der Waals surface area contributed by atoms with E-state index in [1.54, 1.807) is 0 Å². The summed E-state index contributed by atoms with van der Waals surface area (Å²) in [7, 11) is 0. The zero-order valence-corrected chi connectivity index (χ0v) is 13.6. The van der Waals surface area contributed by atoms with Crippen LogP contribution >= 0.6 is 0 Å². The number of fused-ring (bicyclic) bond motifs is 1. The van der Waals surface area contributed by atoms with Crippen LogP contribution in [0.3, 0.4) is 0 Å². The molecule has 2 aliphatic heterocycles. The maximum absolute atomic E-state index is 6.13. The highest BCUT2D eigenvalue weighted by Crippen LogP contribution is 2.39. The molecule has 2 fully saturated rings. The monoisotopic (exact) mass is 307 g/mol. The van der Waals surface area contributed by atoms with Gasteiger partial charge in [-0.25, -0.2) is 0 Å². The van der Waals surface area contributed by atoms with E-state index in [0.717, 1.165) is 13.0 Å². The number of hydrogen-bond acceptors (Lipinski definition) is 2. The third-order valence-corrected chi connectivity index (χ3v) is 5.34. The molecule has 120 valence electrons. The van der Waals surface area contributed by atoms with Crippen LogP contribution in [0.1, 0.15) is 42.9 Å². The molecule has 2 aromatic carbocycles. The molecule has 0 saturated carbocycles. The molecule has 0 N–H and O–H groups in total. The second-order valence-electron chi connectivity index (χ2n) is 6.77. The molecule has 2 nitrogen and oxygen atoms in total. The molecule has 2 heteroatoms. The first-order valence-electron chi connectivity index (χ1n) is 8.90. The lowest BCUT2D eigenvalue weighted by molar-refractivity contribution is -0.0281. The third-order valence-electron chi connectivity index (χ3n) is 5.34. The van der Waals surface area contributed by atoms with Gasteiger partial charge in [0.05, 0.1) is 12.6 Å². The van der Waals surface area contributed by atoms with Gasteiger partial charge in [0.2, 0.25) is 0 Å². The lowest BCUT2D eigenvalue weighted by atomic mass is 9.92. The number of hydrogen-bond donors (Lipinski definition) is 0. The Morgan fingerprint density at radius 3 is 2.43 bits per heavy atom. The molecule has 0 spiro atoms. The minimum absolute atomic E-state index is 0.328. The van der Waals surface area contributed by atoms with E-state index in [9.17, 15) is 0 Å². The van der Waals surface area contributed by atoms with E-state index in [0.29, 0.717) is 18.3 Å². The number of benzene rings is 2. The second kappa shape index (κ2) is 6.86. The highest BCUT2D eigenvalue weighted by atomic mass is 16.5. The molecular weight excluding hydrogens is 282 g/mol. The van der Waals surface area contributed by atoms with Gasteiger partial charge in [-0.3, -0.25) is 4.90 Å². The summed E-state index contributed by atoms with van der Waals surface area (Å²) in [6.07, 6.45) is 6.50. The van der Waals surface area contributed by atoms with Crippen LogP contribution in [0.25, 0.3) is 0 Å². The number of rotatable bonds is 4. The van der Waals surface area contributed by atoms with E-state index in [-0.39, 0.29) is 0 Å². The Kier molecular flexibility index (Phi) is 4.45. The maximum atomic E-state index is 6.13. The van der Waals surface area contributed by atoms with E-state index < -0.39 is 0 Å². The van der Waals surface area contributed by atoms with Gasteiger partial charge in [0.25, 0.3) is 0 Å². The summed E-state index contributed by atoms with van der Waals surface area (Å²) in [6, 6.07) is 22.8. The van der Waals surface area contributed by atoms with E-state index in [1.807, 2.05) is 0 Å². The first-order valence-corrected chi connectivity index (χ1v) is 8.90. The van der Waals surface area contributed by atoms with Gasteiger partial charge in [0, 0.05) is 6.04 Å². The minimum Gasteiger partial charge on any atom is -0.361 e. The van der Waals surface area contributed by atoms with Crippen LogP contribution in [-0.2, 0) is 11.2 Å². The predicted octanol–water partition coefficient (Wildman–Crippen LogP) is 4.57. The van der Waals surface area contributed by atoms with E-state index in [4.69, 9.17) is 4.74 Å². The molecule has 0 radical (unpaired) electrons. The summed E-state index contributed by atoms with van der Waals surface area (Å²) >= 11 is 0. The van der Waals surface area contributed by atoms with Crippen LogP contribution in [0.5, 0.6) is 0 Å². The lowest BCUT2D eigenvalue weighted by Gasteiger charge is -2.40. The Labute approximate surface area is 139 Å². The van der Waals surface area contributed by atoms with Crippen molar-refractivity contribution in [3.05, 3.63) is 71.8 Å². The van der Waals surface area contributed by atoms with Crippen molar-refractivity contribution in [2.75, 3.05) is 6.61 Å². The van der Waals surface area contributed by atoms with Gasteiger partial charge in [0.1, 0.15) is 6.23 Å². The summed E-state index contributed by atoms with van der Waals surface area (Å²) in [5, 5.41) is 0. The zero-order chi connectivity index (χ0) is 15.5. The Morgan fingerprint density at radius 2 is 1.65 bits per heavy atom. The van der Waals surface area contributed by atoms with Crippen LogP contribution in [0.2, 0.25) is 0 Å². The fourth-order valence-corrected chi connectivity index (χ4v) is 4.19. The van der Waals surface area contributed by atoms with Crippen molar-refractivity contribution >= 4 is 0 Å². The van der Waals surface area contributed by atoms with E-state index >= 15 is 0 Å². The van der Waals surface area contributed by atoms with E-state index in [1.165, 1.54) is 36.8 Å². The third kappa shape index (κ3) is 3.19. The molecule has 0 aliphatic carbocycles. The van der Waals surface area contributed by atoms with Crippen molar-refractivity contribution in [3.8, 4) is 0 Å². The molecule has 2 heterocycles. The lowest BCUT2D eigenvalue weighted by Crippen LogP contribution is -2.44. The summed E-state index contributed by atoms with van der Waals surface area (Å²) in [5.74, 6) is 0. The van der Waals surface area contributed by atoms with Crippen LogP contribution in [0.15, 0.2) is 60.7 Å². The first kappa shape index (κ1) is 14.9. The van der Waals surface area contributed by atoms with Crippen molar-refractivity contribution in [1.82, 2.24) is 4.90 Å². The quantitative estimate of drug-likeness (QED) is 0.820. The average Bonchev–Trinajstić information content (AvgIpc) is 3.06. The van der Waals surface area contributed by atoms with Crippen molar-refractivity contribution < 1.29 is 4.74 Å². The zero-order valence-electron chi connectivity index (χ0n) is 13.6. The van der Waals surface area contributed by atoms with Crippen LogP contribution < -0.4 is 0 Å². The second-order valence-corrected chi connectivity index (χ2v) is 6.77. The minimum atomic E-state index is 0.328. The van der Waals surface area contributed by atoms with Gasteiger partial charge in [0.15, 0.2) is 0 Å². The topological polar surface area (TPSA) is 12.5 Å². The molecule has 0 aromatic heterocycles. The maximum Gasteiger partial charge on any atom is 0.111 e. The van der Waals surface area contributed by atoms with Crippen molar-refractivity contribution in [1.29, 1.82) is 0 Å². The standard InChI is InChI=1S/C21H25NO/c1-3-8-17(9-4-1)14-15-19-12-7-13-21-22(19)20(16-23-21)18-10-5-2-6-11-18/h1-6,8-11,19-21H,7,12-16H2/t19-,20-,21?/m1/s1. The number of nitrogens with zero attached hydrogens (tertiary/aromatic N) is 1. The van der Waals surface area contributed by atoms with Gasteiger partial charge in [-0.15, -0.1) is 0 Å². The molecule has 2 saturated heterocycles. The van der Waals surface area contributed by atoms with Gasteiger partial charge in [-0.1, -0.05) is 60.7 Å². The summed E-state index contributed by atoms with van der Waals surface area (Å²) in [4.78, 5) is 2.67. The molecule has 4 rings (SSSR count). The average molecular weight is 307 g/mol. The summed E-state index contributed by atoms with van der Waals surface area (Å²) in [5.41, 5.74) is 2.85. The van der Waals surface area contributed by atoms with Gasteiger partial charge in [-0.05, 0) is 43.2 Å². The molecule has 2 aromatic rings. The molecule has 2 aliphatic rings. The Balaban J connectivity index is 1.50. The summed E-state index contributed by atoms with van der Waals surface area (Å²) in [6.45, 7) is 0.844. The molecule has 1 unspecified atom stereocenters. The van der Waals surface area contributed by atoms with Crippen molar-refractivity contribution in [3.63, 3.8) is 0 Å². The normalized spacial score (nSPS) is 27.7. The largest absolute Gasteiger partial charge is 0.361 e. The number of aryl methyl sites for hydroxylation is 1. The Morgan fingerprint density at radius 1 is 0.913 bits per heavy atom. The van der Waals surface area contributed by atoms with Gasteiger partial charge in [-0.2, -0.15) is 0 Å². The fourth-order valence-electron chi connectivity index (χ4n) is 4.19. The molecule has 0 bridgehead atoms. The van der Waals surface area contributed by atoms with Crippen LogP contribution in [-0.4, -0.2) is 23.8 Å². The molecular formula is C21H25NO. The summed E-state index contributed by atoms with van der Waals surface area (Å²) < 4.78 is 6.13. The molecule has 0 amide bonds. The fraction of sp³-hybridized carbons (Fsp3) is 0.429. The van der Waals surface area contributed by atoms with Crippen LogP contribution in [0.4, 0.5) is 0 Å². The first-order chi connectivity index (χ1) is 11.4. The Bertz CT molecular complexity index is 612. The van der Waals surface area contributed by atoms with E-state index in [2.05, 4.69) is 65.6 Å². The number of ether oxygens (including phenoxy) is 1. The Hall–Kier alpha value is -1.64. The SMILES string of the molecule is c1ccc(CC[C@H]2CCCC3OC[C@H](c4ccccc4)N32)cc1. The van der Waals surface area contributed by atoms with Gasteiger partial charge < -0.3 is 4.74 Å². The highest BCUT2D eigenvalue weighted by Gasteiger charge is 2.41. The van der Waals surface area contributed by atoms with Crippen LogP contribution in [0, 0.1) is 0 Å². The van der Waals surface area contributed by atoms with Crippen molar-refractivity contribution in [2.24, 2.45) is 0 Å². The smallest absolute Gasteiger partial charge is 0.111 e.